The van der Waals surface area contributed by atoms with Crippen molar-refractivity contribution < 1.29 is 18.3 Å². The minimum Gasteiger partial charge on any atom is -0.464 e. The van der Waals surface area contributed by atoms with Crippen molar-refractivity contribution in [3.05, 3.63) is 71.5 Å². The van der Waals surface area contributed by atoms with Gasteiger partial charge in [0.25, 0.3) is 0 Å². The first-order valence-corrected chi connectivity index (χ1v) is 5.76. The maximum Gasteiger partial charge on any atom is 0.164 e. The molecule has 3 aromatic rings. The van der Waals surface area contributed by atoms with Gasteiger partial charge in [-0.3, -0.25) is 0 Å². The number of para-hydroxylation sites is 1. The Hall–Kier alpha value is -2.20. The summed E-state index contributed by atoms with van der Waals surface area (Å²) in [6, 6.07) is 10.8. The SMILES string of the molecule is OC(c1cccc(F)c1F)c1coc2ccccc12. The summed E-state index contributed by atoms with van der Waals surface area (Å²) in [4.78, 5) is 0. The Labute approximate surface area is 107 Å². The van der Waals surface area contributed by atoms with Crippen molar-refractivity contribution in [1.29, 1.82) is 0 Å². The van der Waals surface area contributed by atoms with Gasteiger partial charge >= 0.3 is 0 Å². The number of hydrogen-bond acceptors (Lipinski definition) is 2. The largest absolute Gasteiger partial charge is 0.464 e. The van der Waals surface area contributed by atoms with Crippen LogP contribution in [0.15, 0.2) is 53.1 Å². The van der Waals surface area contributed by atoms with Crippen molar-refractivity contribution in [1.82, 2.24) is 0 Å². The number of hydrogen-bond donors (Lipinski definition) is 1. The molecule has 1 aromatic heterocycles. The number of benzene rings is 2. The second-order valence-corrected chi connectivity index (χ2v) is 4.23. The predicted molar refractivity (Wildman–Crippen MR) is 66.6 cm³/mol. The standard InChI is InChI=1S/C15H10F2O2/c16-12-6-3-5-10(14(12)17)15(18)11-8-19-13-7-2-1-4-9(11)13/h1-8,15,18H. The summed E-state index contributed by atoms with van der Waals surface area (Å²) in [7, 11) is 0. The molecule has 1 unspecified atom stereocenters. The summed E-state index contributed by atoms with van der Waals surface area (Å²) < 4.78 is 32.1. The van der Waals surface area contributed by atoms with Gasteiger partial charge in [-0.1, -0.05) is 30.3 Å². The zero-order valence-electron chi connectivity index (χ0n) is 9.81. The van der Waals surface area contributed by atoms with Crippen molar-refractivity contribution in [2.75, 3.05) is 0 Å². The van der Waals surface area contributed by atoms with Crippen LogP contribution in [0.3, 0.4) is 0 Å². The van der Waals surface area contributed by atoms with Gasteiger partial charge in [0.2, 0.25) is 0 Å². The highest BCUT2D eigenvalue weighted by Crippen LogP contribution is 2.31. The van der Waals surface area contributed by atoms with Gasteiger partial charge in [0.05, 0.1) is 6.26 Å². The molecule has 0 saturated carbocycles. The Balaban J connectivity index is 2.13. The van der Waals surface area contributed by atoms with Crippen LogP contribution in [0.25, 0.3) is 11.0 Å². The molecule has 0 aliphatic rings. The predicted octanol–water partition coefficient (Wildman–Crippen LogP) is 3.79. The first kappa shape index (κ1) is 11.9. The van der Waals surface area contributed by atoms with Crippen LogP contribution < -0.4 is 0 Å². The van der Waals surface area contributed by atoms with Gasteiger partial charge in [0.1, 0.15) is 11.7 Å². The molecule has 2 nitrogen and oxygen atoms in total. The molecule has 0 fully saturated rings. The van der Waals surface area contributed by atoms with Crippen LogP contribution in [0.2, 0.25) is 0 Å². The van der Waals surface area contributed by atoms with E-state index in [-0.39, 0.29) is 5.56 Å². The van der Waals surface area contributed by atoms with E-state index < -0.39 is 17.7 Å². The molecule has 0 amide bonds. The number of aliphatic hydroxyl groups excluding tert-OH is 1. The molecular formula is C15H10F2O2. The van der Waals surface area contributed by atoms with E-state index in [4.69, 9.17) is 4.42 Å². The fourth-order valence-electron chi connectivity index (χ4n) is 2.11. The normalized spacial score (nSPS) is 12.8. The lowest BCUT2D eigenvalue weighted by atomic mass is 10.0. The second kappa shape index (κ2) is 4.48. The van der Waals surface area contributed by atoms with Gasteiger partial charge in [-0.15, -0.1) is 0 Å². The van der Waals surface area contributed by atoms with E-state index in [2.05, 4.69) is 0 Å². The summed E-state index contributed by atoms with van der Waals surface area (Å²) in [5.41, 5.74) is 0.903. The number of fused-ring (bicyclic) bond motifs is 1. The fraction of sp³-hybridized carbons (Fsp3) is 0.0667. The van der Waals surface area contributed by atoms with Gasteiger partial charge in [0, 0.05) is 16.5 Å². The maximum atomic E-state index is 13.7. The van der Waals surface area contributed by atoms with Gasteiger partial charge in [-0.05, 0) is 12.1 Å². The second-order valence-electron chi connectivity index (χ2n) is 4.23. The van der Waals surface area contributed by atoms with Gasteiger partial charge in [-0.2, -0.15) is 0 Å². The Morgan fingerprint density at radius 3 is 2.58 bits per heavy atom. The molecule has 0 aliphatic carbocycles. The molecule has 2 aromatic carbocycles. The molecule has 0 spiro atoms. The summed E-state index contributed by atoms with van der Waals surface area (Å²) in [5.74, 6) is -2.02. The minimum absolute atomic E-state index is 0.105. The monoisotopic (exact) mass is 260 g/mol. The molecule has 4 heteroatoms. The number of aliphatic hydroxyl groups is 1. The number of furan rings is 1. The summed E-state index contributed by atoms with van der Waals surface area (Å²) >= 11 is 0. The zero-order valence-corrected chi connectivity index (χ0v) is 9.81. The van der Waals surface area contributed by atoms with Crippen molar-refractivity contribution in [2.24, 2.45) is 0 Å². The third kappa shape index (κ3) is 1.90. The summed E-state index contributed by atoms with van der Waals surface area (Å²) in [6.07, 6.45) is 0.0963. The molecule has 19 heavy (non-hydrogen) atoms. The topological polar surface area (TPSA) is 33.4 Å². The lowest BCUT2D eigenvalue weighted by Gasteiger charge is -2.10. The van der Waals surface area contributed by atoms with E-state index in [0.29, 0.717) is 16.5 Å². The first-order chi connectivity index (χ1) is 9.18. The molecule has 0 saturated heterocycles. The van der Waals surface area contributed by atoms with E-state index >= 15 is 0 Å². The van der Waals surface area contributed by atoms with E-state index in [9.17, 15) is 13.9 Å². The maximum absolute atomic E-state index is 13.7. The Bertz CT molecular complexity index is 734. The molecule has 0 aliphatic heterocycles. The van der Waals surface area contributed by atoms with E-state index in [1.807, 2.05) is 0 Å². The van der Waals surface area contributed by atoms with Crippen LogP contribution in [0.4, 0.5) is 8.78 Å². The van der Waals surface area contributed by atoms with Crippen molar-refractivity contribution in [3.63, 3.8) is 0 Å². The lowest BCUT2D eigenvalue weighted by molar-refractivity contribution is 0.213. The smallest absolute Gasteiger partial charge is 0.164 e. The summed E-state index contributed by atoms with van der Waals surface area (Å²) in [5, 5.41) is 10.9. The molecule has 1 heterocycles. The van der Waals surface area contributed by atoms with Crippen LogP contribution in [-0.2, 0) is 0 Å². The summed E-state index contributed by atoms with van der Waals surface area (Å²) in [6.45, 7) is 0. The number of halogens is 2. The minimum atomic E-state index is -1.26. The van der Waals surface area contributed by atoms with Crippen molar-refractivity contribution in [2.45, 2.75) is 6.10 Å². The third-order valence-corrected chi connectivity index (χ3v) is 3.08. The lowest BCUT2D eigenvalue weighted by Crippen LogP contribution is -2.03. The average molecular weight is 260 g/mol. The van der Waals surface area contributed by atoms with Crippen molar-refractivity contribution in [3.8, 4) is 0 Å². The van der Waals surface area contributed by atoms with Crippen LogP contribution >= 0.6 is 0 Å². The van der Waals surface area contributed by atoms with E-state index in [1.54, 1.807) is 24.3 Å². The van der Waals surface area contributed by atoms with Crippen LogP contribution in [0.1, 0.15) is 17.2 Å². The molecule has 96 valence electrons. The van der Waals surface area contributed by atoms with Gasteiger partial charge in [-0.25, -0.2) is 8.78 Å². The molecular weight excluding hydrogens is 250 g/mol. The first-order valence-electron chi connectivity index (χ1n) is 5.76. The highest BCUT2D eigenvalue weighted by Gasteiger charge is 2.21. The Kier molecular flexibility index (Phi) is 2.80. The van der Waals surface area contributed by atoms with Crippen LogP contribution in [-0.4, -0.2) is 5.11 Å². The fourth-order valence-corrected chi connectivity index (χ4v) is 2.11. The molecule has 0 bridgehead atoms. The molecule has 3 rings (SSSR count). The van der Waals surface area contributed by atoms with Gasteiger partial charge in [0.15, 0.2) is 11.6 Å². The quantitative estimate of drug-likeness (QED) is 0.760. The van der Waals surface area contributed by atoms with Crippen LogP contribution in [0, 0.1) is 11.6 Å². The van der Waals surface area contributed by atoms with Crippen molar-refractivity contribution >= 4 is 11.0 Å². The number of rotatable bonds is 2. The Morgan fingerprint density at radius 2 is 1.74 bits per heavy atom. The highest BCUT2D eigenvalue weighted by atomic mass is 19.2. The van der Waals surface area contributed by atoms with Gasteiger partial charge < -0.3 is 9.52 Å². The molecule has 1 atom stereocenters. The Morgan fingerprint density at radius 1 is 0.947 bits per heavy atom. The van der Waals surface area contributed by atoms with Crippen LogP contribution in [0.5, 0.6) is 0 Å². The van der Waals surface area contributed by atoms with E-state index in [1.165, 1.54) is 18.4 Å². The molecule has 1 N–H and O–H groups in total. The zero-order chi connectivity index (χ0) is 13.4. The molecule has 0 radical (unpaired) electrons. The third-order valence-electron chi connectivity index (χ3n) is 3.08. The average Bonchev–Trinajstić information content (AvgIpc) is 2.85. The highest BCUT2D eigenvalue weighted by molar-refractivity contribution is 5.81. The van der Waals surface area contributed by atoms with E-state index in [0.717, 1.165) is 6.07 Å².